The van der Waals surface area contributed by atoms with Gasteiger partial charge >= 0.3 is 5.97 Å². The number of benzene rings is 1. The summed E-state index contributed by atoms with van der Waals surface area (Å²) < 4.78 is 9.81. The minimum Gasteiger partial charge on any atom is -0.497 e. The van der Waals surface area contributed by atoms with Crippen molar-refractivity contribution in [2.45, 2.75) is 24.2 Å². The van der Waals surface area contributed by atoms with Crippen LogP contribution in [0.25, 0.3) is 0 Å². The molecule has 1 aliphatic carbocycles. The van der Waals surface area contributed by atoms with E-state index in [4.69, 9.17) is 9.47 Å². The quantitative estimate of drug-likeness (QED) is 0.333. The van der Waals surface area contributed by atoms with E-state index in [2.05, 4.69) is 0 Å². The lowest BCUT2D eigenvalue weighted by Gasteiger charge is -2.13. The molecule has 1 saturated carbocycles. The average molecular weight is 311 g/mol. The number of nitro groups is 1. The van der Waals surface area contributed by atoms with Gasteiger partial charge in [0.25, 0.3) is 5.69 Å². The lowest BCUT2D eigenvalue weighted by molar-refractivity contribution is -0.387. The summed E-state index contributed by atoms with van der Waals surface area (Å²) in [4.78, 5) is 22.6. The Morgan fingerprint density at radius 3 is 2.67 bits per heavy atom. The average Bonchev–Trinajstić information content (AvgIpc) is 3.24. The highest BCUT2D eigenvalue weighted by molar-refractivity contribution is 7.99. The second-order valence-electron chi connectivity index (χ2n) is 5.13. The summed E-state index contributed by atoms with van der Waals surface area (Å²) in [6.07, 6.45) is 2.27. The number of hydrogen-bond donors (Lipinski definition) is 0. The first-order valence-electron chi connectivity index (χ1n) is 6.52. The largest absolute Gasteiger partial charge is 0.497 e. The molecule has 0 heterocycles. The van der Waals surface area contributed by atoms with Gasteiger partial charge in [-0.1, -0.05) is 0 Å². The molecule has 0 unspecified atom stereocenters. The zero-order valence-electron chi connectivity index (χ0n) is 12.0. The molecule has 0 aromatic heterocycles. The molecule has 2 rings (SSSR count). The first kappa shape index (κ1) is 15.6. The van der Waals surface area contributed by atoms with Crippen molar-refractivity contribution in [3.8, 4) is 5.75 Å². The Kier molecular flexibility index (Phi) is 4.72. The van der Waals surface area contributed by atoms with Crippen LogP contribution in [0.5, 0.6) is 5.75 Å². The number of nitro benzene ring substituents is 1. The highest BCUT2D eigenvalue weighted by Gasteiger charge is 2.44. The van der Waals surface area contributed by atoms with Crippen molar-refractivity contribution in [1.29, 1.82) is 0 Å². The summed E-state index contributed by atoms with van der Waals surface area (Å²) in [5, 5.41) is 11.1. The fraction of sp³-hybridized carbons (Fsp3) is 0.500. The predicted molar refractivity (Wildman–Crippen MR) is 78.7 cm³/mol. The molecule has 21 heavy (non-hydrogen) atoms. The summed E-state index contributed by atoms with van der Waals surface area (Å²) in [5.74, 6) is 1.02. The second-order valence-corrected chi connectivity index (χ2v) is 6.15. The van der Waals surface area contributed by atoms with Crippen LogP contribution < -0.4 is 4.74 Å². The van der Waals surface area contributed by atoms with E-state index < -0.39 is 4.92 Å². The molecule has 0 atom stereocenters. The van der Waals surface area contributed by atoms with Gasteiger partial charge in [0.05, 0.1) is 30.5 Å². The number of methoxy groups -OCH3 is 2. The van der Waals surface area contributed by atoms with Crippen LogP contribution >= 0.6 is 11.8 Å². The second kappa shape index (κ2) is 6.34. The van der Waals surface area contributed by atoms with Gasteiger partial charge in [0.2, 0.25) is 0 Å². The van der Waals surface area contributed by atoms with E-state index in [1.807, 2.05) is 0 Å². The Morgan fingerprint density at radius 2 is 2.14 bits per heavy atom. The molecule has 0 bridgehead atoms. The van der Waals surface area contributed by atoms with Crippen LogP contribution in [0.4, 0.5) is 5.69 Å². The first-order chi connectivity index (χ1) is 9.99. The molecular formula is C14H17NO5S. The molecule has 1 fully saturated rings. The summed E-state index contributed by atoms with van der Waals surface area (Å²) in [7, 11) is 2.90. The van der Waals surface area contributed by atoms with E-state index in [9.17, 15) is 14.9 Å². The Balaban J connectivity index is 2.08. The van der Waals surface area contributed by atoms with Crippen molar-refractivity contribution in [2.75, 3.05) is 20.0 Å². The van der Waals surface area contributed by atoms with Crippen LogP contribution in [-0.2, 0) is 9.53 Å². The summed E-state index contributed by atoms with van der Waals surface area (Å²) in [6.45, 7) is 0. The van der Waals surface area contributed by atoms with Crippen molar-refractivity contribution < 1.29 is 19.2 Å². The minimum atomic E-state index is -0.401. The number of carbonyl (C=O) groups excluding carboxylic acids is 1. The number of ether oxygens (including phenoxy) is 2. The van der Waals surface area contributed by atoms with Gasteiger partial charge < -0.3 is 9.47 Å². The molecular weight excluding hydrogens is 294 g/mol. The zero-order valence-corrected chi connectivity index (χ0v) is 12.8. The Labute approximate surface area is 127 Å². The van der Waals surface area contributed by atoms with Gasteiger partial charge in [-0.25, -0.2) is 0 Å². The van der Waals surface area contributed by atoms with Crippen molar-refractivity contribution >= 4 is 23.4 Å². The molecule has 1 aromatic rings. The number of hydrogen-bond acceptors (Lipinski definition) is 6. The van der Waals surface area contributed by atoms with Crippen LogP contribution in [-0.4, -0.2) is 30.9 Å². The predicted octanol–water partition coefficient (Wildman–Crippen LogP) is 3.04. The minimum absolute atomic E-state index is 0.0645. The highest BCUT2D eigenvalue weighted by Crippen LogP contribution is 2.52. The van der Waals surface area contributed by atoms with E-state index in [1.54, 1.807) is 12.1 Å². The van der Waals surface area contributed by atoms with Gasteiger partial charge in [-0.05, 0) is 24.3 Å². The standard InChI is InChI=1S/C14H17NO5S/c1-19-10-3-4-11(15(17)18)12(7-10)21-9-14(5-6-14)8-13(16)20-2/h3-4,7H,5-6,8-9H2,1-2H3. The number of esters is 1. The van der Waals surface area contributed by atoms with Crippen LogP contribution in [0.2, 0.25) is 0 Å². The van der Waals surface area contributed by atoms with E-state index in [-0.39, 0.29) is 17.1 Å². The zero-order chi connectivity index (χ0) is 15.5. The molecule has 0 aliphatic heterocycles. The Bertz CT molecular complexity index is 556. The topological polar surface area (TPSA) is 78.7 Å². The van der Waals surface area contributed by atoms with Gasteiger partial charge in [0.15, 0.2) is 0 Å². The van der Waals surface area contributed by atoms with Gasteiger partial charge in [-0.15, -0.1) is 11.8 Å². The summed E-state index contributed by atoms with van der Waals surface area (Å²) >= 11 is 1.40. The Morgan fingerprint density at radius 1 is 1.43 bits per heavy atom. The number of rotatable bonds is 7. The van der Waals surface area contributed by atoms with Gasteiger partial charge in [0, 0.05) is 17.9 Å². The van der Waals surface area contributed by atoms with Crippen LogP contribution in [0, 0.1) is 15.5 Å². The summed E-state index contributed by atoms with van der Waals surface area (Å²) in [5.41, 5.74) is -0.0102. The monoisotopic (exact) mass is 311 g/mol. The van der Waals surface area contributed by atoms with Crippen molar-refractivity contribution in [3.63, 3.8) is 0 Å². The molecule has 0 spiro atoms. The molecule has 7 heteroatoms. The maximum Gasteiger partial charge on any atom is 0.306 e. The lowest BCUT2D eigenvalue weighted by Crippen LogP contribution is -2.13. The van der Waals surface area contributed by atoms with Gasteiger partial charge in [-0.3, -0.25) is 14.9 Å². The molecule has 0 N–H and O–H groups in total. The Hall–Kier alpha value is -1.76. The van der Waals surface area contributed by atoms with Crippen molar-refractivity contribution in [2.24, 2.45) is 5.41 Å². The third-order valence-corrected chi connectivity index (χ3v) is 5.00. The highest BCUT2D eigenvalue weighted by atomic mass is 32.2. The smallest absolute Gasteiger partial charge is 0.306 e. The van der Waals surface area contributed by atoms with Crippen molar-refractivity contribution in [1.82, 2.24) is 0 Å². The van der Waals surface area contributed by atoms with Crippen molar-refractivity contribution in [3.05, 3.63) is 28.3 Å². The molecule has 1 aliphatic rings. The van der Waals surface area contributed by atoms with Gasteiger partial charge in [0.1, 0.15) is 5.75 Å². The van der Waals surface area contributed by atoms with Crippen LogP contribution in [0.1, 0.15) is 19.3 Å². The number of nitrogens with zero attached hydrogens (tertiary/aromatic N) is 1. The molecule has 0 radical (unpaired) electrons. The van der Waals surface area contributed by atoms with Gasteiger partial charge in [-0.2, -0.15) is 0 Å². The molecule has 1 aromatic carbocycles. The number of thioether (sulfide) groups is 1. The van der Waals surface area contributed by atoms with Crippen LogP contribution in [0.15, 0.2) is 23.1 Å². The van der Waals surface area contributed by atoms with Crippen LogP contribution in [0.3, 0.4) is 0 Å². The summed E-state index contributed by atoms with van der Waals surface area (Å²) in [6, 6.07) is 4.68. The first-order valence-corrected chi connectivity index (χ1v) is 7.50. The molecule has 6 nitrogen and oxygen atoms in total. The molecule has 0 saturated heterocycles. The van der Waals surface area contributed by atoms with E-state index >= 15 is 0 Å². The normalized spacial score (nSPS) is 15.3. The fourth-order valence-corrected chi connectivity index (χ4v) is 3.39. The maximum absolute atomic E-state index is 11.4. The van der Waals surface area contributed by atoms with E-state index in [0.717, 1.165) is 12.8 Å². The molecule has 114 valence electrons. The fourth-order valence-electron chi connectivity index (χ4n) is 2.05. The third kappa shape index (κ3) is 3.87. The molecule has 0 amide bonds. The SMILES string of the molecule is COC(=O)CC1(CSc2cc(OC)ccc2[N+](=O)[O-])CC1. The third-order valence-electron chi connectivity index (χ3n) is 3.60. The van der Waals surface area contributed by atoms with E-state index in [0.29, 0.717) is 22.8 Å². The van der Waals surface area contributed by atoms with E-state index in [1.165, 1.54) is 32.0 Å². The number of carbonyl (C=O) groups is 1. The maximum atomic E-state index is 11.4. The lowest BCUT2D eigenvalue weighted by atomic mass is 10.1.